The fourth-order valence-corrected chi connectivity index (χ4v) is 3.73. The van der Waals surface area contributed by atoms with Crippen molar-refractivity contribution in [2.45, 2.75) is 45.4 Å². The zero-order chi connectivity index (χ0) is 19.1. The van der Waals surface area contributed by atoms with Crippen LogP contribution in [0.25, 0.3) is 0 Å². The van der Waals surface area contributed by atoms with E-state index in [0.717, 1.165) is 17.8 Å². The van der Waals surface area contributed by atoms with E-state index in [-0.39, 0.29) is 24.5 Å². The second kappa shape index (κ2) is 9.64. The SMILES string of the molecule is CCC(CC)c1nnc(NC(=O)CCC(=O)c2cc(Cl)ccc2OC)s1. The number of anilines is 1. The summed E-state index contributed by atoms with van der Waals surface area (Å²) in [5.74, 6) is 0.329. The minimum Gasteiger partial charge on any atom is -0.496 e. The molecule has 0 aliphatic rings. The summed E-state index contributed by atoms with van der Waals surface area (Å²) in [6.07, 6.45) is 2.07. The highest BCUT2D eigenvalue weighted by Crippen LogP contribution is 2.28. The maximum Gasteiger partial charge on any atom is 0.226 e. The third kappa shape index (κ3) is 5.25. The Labute approximate surface area is 161 Å². The monoisotopic (exact) mass is 395 g/mol. The molecule has 8 heteroatoms. The Morgan fingerprint density at radius 3 is 2.62 bits per heavy atom. The topological polar surface area (TPSA) is 81.2 Å². The molecule has 2 aromatic rings. The van der Waals surface area contributed by atoms with Crippen molar-refractivity contribution in [2.24, 2.45) is 0 Å². The van der Waals surface area contributed by atoms with Gasteiger partial charge in [-0.2, -0.15) is 0 Å². The first-order valence-electron chi connectivity index (χ1n) is 8.48. The van der Waals surface area contributed by atoms with Crippen LogP contribution in [0.4, 0.5) is 5.13 Å². The number of ketones is 1. The second-order valence-corrected chi connectivity index (χ2v) is 7.22. The number of rotatable bonds is 9. The standard InChI is InChI=1S/C18H22ClN3O3S/c1-4-11(5-2)17-21-22-18(26-17)20-16(24)9-7-14(23)13-10-12(19)6-8-15(13)25-3/h6,8,10-11H,4-5,7,9H2,1-3H3,(H,20,22,24). The van der Waals surface area contributed by atoms with Gasteiger partial charge in [-0.25, -0.2) is 0 Å². The van der Waals surface area contributed by atoms with E-state index in [0.29, 0.717) is 27.4 Å². The maximum atomic E-state index is 12.4. The number of carbonyl (C=O) groups excluding carboxylic acids is 2. The van der Waals surface area contributed by atoms with Gasteiger partial charge in [0.1, 0.15) is 10.8 Å². The fraction of sp³-hybridized carbons (Fsp3) is 0.444. The third-order valence-corrected chi connectivity index (χ3v) is 5.30. The van der Waals surface area contributed by atoms with E-state index in [4.69, 9.17) is 16.3 Å². The van der Waals surface area contributed by atoms with Crippen LogP contribution in [0.3, 0.4) is 0 Å². The molecule has 1 aromatic heterocycles. The summed E-state index contributed by atoms with van der Waals surface area (Å²) < 4.78 is 5.17. The molecule has 0 spiro atoms. The van der Waals surface area contributed by atoms with Crippen molar-refractivity contribution in [3.8, 4) is 5.75 Å². The van der Waals surface area contributed by atoms with E-state index in [9.17, 15) is 9.59 Å². The van der Waals surface area contributed by atoms with Crippen LogP contribution in [-0.2, 0) is 4.79 Å². The molecule has 2 rings (SSSR count). The van der Waals surface area contributed by atoms with E-state index in [1.807, 2.05) is 0 Å². The zero-order valence-corrected chi connectivity index (χ0v) is 16.6. The van der Waals surface area contributed by atoms with Crippen LogP contribution >= 0.6 is 22.9 Å². The van der Waals surface area contributed by atoms with E-state index in [1.165, 1.54) is 18.4 Å². The minimum absolute atomic E-state index is 0.0500. The van der Waals surface area contributed by atoms with Crippen molar-refractivity contribution in [1.82, 2.24) is 10.2 Å². The quantitative estimate of drug-likeness (QED) is 0.622. The molecule has 0 bridgehead atoms. The molecule has 0 fully saturated rings. The number of Topliss-reactive ketones (excluding diaryl/α,β-unsaturated/α-hetero) is 1. The number of benzene rings is 1. The summed E-state index contributed by atoms with van der Waals surface area (Å²) in [7, 11) is 1.49. The van der Waals surface area contributed by atoms with Gasteiger partial charge in [-0.15, -0.1) is 10.2 Å². The van der Waals surface area contributed by atoms with Gasteiger partial charge in [-0.3, -0.25) is 9.59 Å². The fourth-order valence-electron chi connectivity index (χ4n) is 2.53. The number of hydrogen-bond acceptors (Lipinski definition) is 6. The average molecular weight is 396 g/mol. The summed E-state index contributed by atoms with van der Waals surface area (Å²) in [5, 5.41) is 12.7. The summed E-state index contributed by atoms with van der Waals surface area (Å²) in [6.45, 7) is 4.20. The van der Waals surface area contributed by atoms with Gasteiger partial charge in [-0.1, -0.05) is 36.8 Å². The normalized spacial score (nSPS) is 10.8. The average Bonchev–Trinajstić information content (AvgIpc) is 3.08. The molecule has 0 unspecified atom stereocenters. The summed E-state index contributed by atoms with van der Waals surface area (Å²) in [5.41, 5.74) is 0.375. The smallest absolute Gasteiger partial charge is 0.226 e. The molecule has 0 radical (unpaired) electrons. The van der Waals surface area contributed by atoms with Crippen LogP contribution in [0.15, 0.2) is 18.2 Å². The Balaban J connectivity index is 1.93. The Morgan fingerprint density at radius 2 is 1.96 bits per heavy atom. The van der Waals surface area contributed by atoms with Crippen LogP contribution in [0.1, 0.15) is 60.8 Å². The maximum absolute atomic E-state index is 12.4. The molecule has 0 aliphatic carbocycles. The first kappa shape index (κ1) is 20.3. The summed E-state index contributed by atoms with van der Waals surface area (Å²) >= 11 is 7.32. The molecule has 26 heavy (non-hydrogen) atoms. The first-order chi connectivity index (χ1) is 12.5. The number of hydrogen-bond donors (Lipinski definition) is 1. The Bertz CT molecular complexity index is 775. The zero-order valence-electron chi connectivity index (χ0n) is 15.0. The van der Waals surface area contributed by atoms with Gasteiger partial charge in [0.2, 0.25) is 11.0 Å². The van der Waals surface area contributed by atoms with Gasteiger partial charge in [-0.05, 0) is 31.0 Å². The summed E-state index contributed by atoms with van der Waals surface area (Å²) in [4.78, 5) is 24.5. The highest BCUT2D eigenvalue weighted by atomic mass is 35.5. The van der Waals surface area contributed by atoms with Gasteiger partial charge in [0.05, 0.1) is 12.7 Å². The van der Waals surface area contributed by atoms with E-state index < -0.39 is 0 Å². The number of aromatic nitrogens is 2. The van der Waals surface area contributed by atoms with Crippen LogP contribution in [0.2, 0.25) is 5.02 Å². The van der Waals surface area contributed by atoms with E-state index in [1.54, 1.807) is 18.2 Å². The minimum atomic E-state index is -0.272. The number of methoxy groups -OCH3 is 1. The van der Waals surface area contributed by atoms with E-state index in [2.05, 4.69) is 29.4 Å². The number of carbonyl (C=O) groups is 2. The molecule has 0 saturated carbocycles. The van der Waals surface area contributed by atoms with Crippen molar-refractivity contribution in [3.05, 3.63) is 33.8 Å². The predicted octanol–water partition coefficient (Wildman–Crippen LogP) is 4.71. The number of ether oxygens (including phenoxy) is 1. The largest absolute Gasteiger partial charge is 0.496 e. The van der Waals surface area contributed by atoms with Gasteiger partial charge in [0.25, 0.3) is 0 Å². The van der Waals surface area contributed by atoms with Crippen molar-refractivity contribution in [2.75, 3.05) is 12.4 Å². The van der Waals surface area contributed by atoms with E-state index >= 15 is 0 Å². The molecule has 1 amide bonds. The molecule has 0 aliphatic heterocycles. The highest BCUT2D eigenvalue weighted by molar-refractivity contribution is 7.15. The third-order valence-electron chi connectivity index (χ3n) is 4.06. The van der Waals surface area contributed by atoms with Gasteiger partial charge >= 0.3 is 0 Å². The number of halogens is 1. The van der Waals surface area contributed by atoms with Crippen LogP contribution in [-0.4, -0.2) is 29.0 Å². The lowest BCUT2D eigenvalue weighted by Crippen LogP contribution is -2.13. The molecule has 1 aromatic carbocycles. The lowest BCUT2D eigenvalue weighted by atomic mass is 10.1. The van der Waals surface area contributed by atoms with Crippen molar-refractivity contribution < 1.29 is 14.3 Å². The Morgan fingerprint density at radius 1 is 1.23 bits per heavy atom. The number of amides is 1. The molecule has 0 saturated heterocycles. The van der Waals surface area contributed by atoms with Crippen LogP contribution in [0.5, 0.6) is 5.75 Å². The Kier molecular flexibility index (Phi) is 7.53. The second-order valence-electron chi connectivity index (χ2n) is 5.77. The van der Waals surface area contributed by atoms with Crippen LogP contribution in [0, 0.1) is 0 Å². The lowest BCUT2D eigenvalue weighted by Gasteiger charge is -2.08. The Hall–Kier alpha value is -1.99. The van der Waals surface area contributed by atoms with Crippen LogP contribution < -0.4 is 10.1 Å². The molecule has 1 heterocycles. The molecule has 0 atom stereocenters. The molecule has 140 valence electrons. The molecule has 6 nitrogen and oxygen atoms in total. The number of nitrogens with zero attached hydrogens (tertiary/aromatic N) is 2. The number of nitrogens with one attached hydrogen (secondary N) is 1. The first-order valence-corrected chi connectivity index (χ1v) is 9.67. The van der Waals surface area contributed by atoms with Gasteiger partial charge in [0.15, 0.2) is 5.78 Å². The highest BCUT2D eigenvalue weighted by Gasteiger charge is 2.17. The van der Waals surface area contributed by atoms with Crippen molar-refractivity contribution in [1.29, 1.82) is 0 Å². The molecule has 1 N–H and O–H groups in total. The lowest BCUT2D eigenvalue weighted by molar-refractivity contribution is -0.116. The van der Waals surface area contributed by atoms with Crippen molar-refractivity contribution in [3.63, 3.8) is 0 Å². The molecular weight excluding hydrogens is 374 g/mol. The van der Waals surface area contributed by atoms with Gasteiger partial charge < -0.3 is 10.1 Å². The van der Waals surface area contributed by atoms with Crippen molar-refractivity contribution >= 4 is 39.8 Å². The molecular formula is C18H22ClN3O3S. The predicted molar refractivity (Wildman–Crippen MR) is 103 cm³/mol. The summed E-state index contributed by atoms with van der Waals surface area (Å²) in [6, 6.07) is 4.83. The van der Waals surface area contributed by atoms with Gasteiger partial charge in [0, 0.05) is 23.8 Å².